The SMILES string of the molecule is CS(=O)c1ccc(NCC2CCC(N)CC2)cc1. The van der Waals surface area contributed by atoms with E-state index in [2.05, 4.69) is 5.32 Å². The molecule has 0 heterocycles. The Hall–Kier alpha value is -0.870. The van der Waals surface area contributed by atoms with Crippen LogP contribution in [0.25, 0.3) is 0 Å². The van der Waals surface area contributed by atoms with E-state index in [1.165, 1.54) is 12.8 Å². The summed E-state index contributed by atoms with van der Waals surface area (Å²) in [7, 11) is -0.891. The lowest BCUT2D eigenvalue weighted by atomic mass is 9.86. The van der Waals surface area contributed by atoms with Crippen molar-refractivity contribution in [3.8, 4) is 0 Å². The van der Waals surface area contributed by atoms with Gasteiger partial charge in [-0.15, -0.1) is 0 Å². The standard InChI is InChI=1S/C14H22N2OS/c1-18(17)14-8-6-13(7-9-14)16-10-11-2-4-12(15)5-3-11/h6-9,11-12,16H,2-5,10,15H2,1H3. The Morgan fingerprint density at radius 3 is 2.39 bits per heavy atom. The minimum Gasteiger partial charge on any atom is -0.385 e. The molecule has 1 unspecified atom stereocenters. The Labute approximate surface area is 112 Å². The van der Waals surface area contributed by atoms with Gasteiger partial charge >= 0.3 is 0 Å². The first-order valence-electron chi connectivity index (χ1n) is 6.58. The minimum atomic E-state index is -0.891. The molecule has 1 aliphatic rings. The molecule has 0 spiro atoms. The lowest BCUT2D eigenvalue weighted by Crippen LogP contribution is -2.29. The zero-order valence-corrected chi connectivity index (χ0v) is 11.7. The highest BCUT2D eigenvalue weighted by atomic mass is 32.2. The van der Waals surface area contributed by atoms with E-state index in [-0.39, 0.29) is 0 Å². The molecule has 0 amide bonds. The summed E-state index contributed by atoms with van der Waals surface area (Å²) >= 11 is 0. The van der Waals surface area contributed by atoms with Gasteiger partial charge in [-0.2, -0.15) is 0 Å². The van der Waals surface area contributed by atoms with Crippen molar-refractivity contribution < 1.29 is 4.21 Å². The van der Waals surface area contributed by atoms with Gasteiger partial charge < -0.3 is 11.1 Å². The summed E-state index contributed by atoms with van der Waals surface area (Å²) in [5, 5.41) is 3.46. The fraction of sp³-hybridized carbons (Fsp3) is 0.571. The topological polar surface area (TPSA) is 55.1 Å². The lowest BCUT2D eigenvalue weighted by Gasteiger charge is -2.26. The van der Waals surface area contributed by atoms with Gasteiger partial charge in [0, 0.05) is 40.2 Å². The Balaban J connectivity index is 1.81. The van der Waals surface area contributed by atoms with Crippen LogP contribution in [0.3, 0.4) is 0 Å². The van der Waals surface area contributed by atoms with Crippen LogP contribution >= 0.6 is 0 Å². The highest BCUT2D eigenvalue weighted by Crippen LogP contribution is 2.23. The van der Waals surface area contributed by atoms with Crippen LogP contribution in [-0.2, 0) is 10.8 Å². The van der Waals surface area contributed by atoms with Crippen molar-refractivity contribution >= 4 is 16.5 Å². The average molecular weight is 266 g/mol. The van der Waals surface area contributed by atoms with Gasteiger partial charge in [0.05, 0.1) is 0 Å². The van der Waals surface area contributed by atoms with Crippen LogP contribution in [0.4, 0.5) is 5.69 Å². The third-order valence-electron chi connectivity index (χ3n) is 3.67. The first-order valence-corrected chi connectivity index (χ1v) is 8.14. The van der Waals surface area contributed by atoms with E-state index in [0.29, 0.717) is 6.04 Å². The van der Waals surface area contributed by atoms with E-state index in [1.807, 2.05) is 24.3 Å². The fourth-order valence-corrected chi connectivity index (χ4v) is 2.94. The van der Waals surface area contributed by atoms with Gasteiger partial charge in [0.2, 0.25) is 0 Å². The van der Waals surface area contributed by atoms with Crippen LogP contribution in [0.2, 0.25) is 0 Å². The molecule has 18 heavy (non-hydrogen) atoms. The van der Waals surface area contributed by atoms with Gasteiger partial charge in [0.25, 0.3) is 0 Å². The molecule has 0 radical (unpaired) electrons. The molecular weight excluding hydrogens is 244 g/mol. The van der Waals surface area contributed by atoms with Gasteiger partial charge in [-0.25, -0.2) is 0 Å². The smallest absolute Gasteiger partial charge is 0.0498 e. The molecule has 4 heteroatoms. The molecule has 0 aliphatic heterocycles. The number of rotatable bonds is 4. The second-order valence-corrected chi connectivity index (χ2v) is 6.52. The van der Waals surface area contributed by atoms with Gasteiger partial charge in [-0.3, -0.25) is 4.21 Å². The maximum absolute atomic E-state index is 11.3. The first kappa shape index (κ1) is 13.6. The number of hydrogen-bond donors (Lipinski definition) is 2. The van der Waals surface area contributed by atoms with Crippen LogP contribution < -0.4 is 11.1 Å². The van der Waals surface area contributed by atoms with Crippen molar-refractivity contribution in [2.45, 2.75) is 36.6 Å². The van der Waals surface area contributed by atoms with Crippen molar-refractivity contribution in [3.63, 3.8) is 0 Å². The Bertz CT molecular complexity index is 397. The fourth-order valence-electron chi connectivity index (χ4n) is 2.42. The number of nitrogens with one attached hydrogen (secondary N) is 1. The monoisotopic (exact) mass is 266 g/mol. The van der Waals surface area contributed by atoms with Crippen molar-refractivity contribution in [3.05, 3.63) is 24.3 Å². The molecule has 0 aromatic heterocycles. The molecule has 1 saturated carbocycles. The van der Waals surface area contributed by atoms with Gasteiger partial charge in [-0.05, 0) is 55.9 Å². The lowest BCUT2D eigenvalue weighted by molar-refractivity contribution is 0.339. The van der Waals surface area contributed by atoms with E-state index >= 15 is 0 Å². The number of hydrogen-bond acceptors (Lipinski definition) is 3. The predicted octanol–water partition coefficient (Wildman–Crippen LogP) is 2.35. The maximum atomic E-state index is 11.3. The van der Waals surface area contributed by atoms with E-state index < -0.39 is 10.8 Å². The van der Waals surface area contributed by atoms with Crippen LogP contribution in [0.5, 0.6) is 0 Å². The summed E-state index contributed by atoms with van der Waals surface area (Å²) in [5.41, 5.74) is 7.01. The van der Waals surface area contributed by atoms with Crippen molar-refractivity contribution in [1.29, 1.82) is 0 Å². The van der Waals surface area contributed by atoms with Crippen molar-refractivity contribution in [1.82, 2.24) is 0 Å². The second kappa shape index (κ2) is 6.34. The summed E-state index contributed by atoms with van der Waals surface area (Å²) in [6.07, 6.45) is 6.46. The van der Waals surface area contributed by atoms with Crippen LogP contribution in [0, 0.1) is 5.92 Å². The maximum Gasteiger partial charge on any atom is 0.0498 e. The largest absolute Gasteiger partial charge is 0.385 e. The zero-order chi connectivity index (χ0) is 13.0. The molecule has 3 N–H and O–H groups in total. The molecule has 1 atom stereocenters. The molecule has 2 rings (SSSR count). The number of benzene rings is 1. The Morgan fingerprint density at radius 2 is 1.83 bits per heavy atom. The molecule has 1 aliphatic carbocycles. The quantitative estimate of drug-likeness (QED) is 0.879. The summed E-state index contributed by atoms with van der Waals surface area (Å²) < 4.78 is 11.3. The molecule has 100 valence electrons. The van der Waals surface area contributed by atoms with Crippen LogP contribution in [0.1, 0.15) is 25.7 Å². The molecule has 3 nitrogen and oxygen atoms in total. The van der Waals surface area contributed by atoms with Crippen molar-refractivity contribution in [2.75, 3.05) is 18.1 Å². The number of nitrogens with two attached hydrogens (primary N) is 1. The van der Waals surface area contributed by atoms with Crippen LogP contribution in [0.15, 0.2) is 29.2 Å². The molecule has 1 aromatic carbocycles. The van der Waals surface area contributed by atoms with E-state index in [4.69, 9.17) is 5.73 Å². The van der Waals surface area contributed by atoms with Crippen molar-refractivity contribution in [2.24, 2.45) is 11.7 Å². The Kier molecular flexibility index (Phi) is 4.78. The molecular formula is C14H22N2OS. The first-order chi connectivity index (χ1) is 8.65. The van der Waals surface area contributed by atoms with E-state index in [9.17, 15) is 4.21 Å². The molecule has 0 saturated heterocycles. The number of anilines is 1. The third-order valence-corrected chi connectivity index (χ3v) is 4.61. The normalized spacial score (nSPS) is 25.7. The predicted molar refractivity (Wildman–Crippen MR) is 77.2 cm³/mol. The summed E-state index contributed by atoms with van der Waals surface area (Å²) in [6.45, 7) is 1.02. The molecule has 1 aromatic rings. The summed E-state index contributed by atoms with van der Waals surface area (Å²) in [6, 6.07) is 8.28. The molecule has 0 bridgehead atoms. The van der Waals surface area contributed by atoms with E-state index in [0.717, 1.165) is 35.9 Å². The van der Waals surface area contributed by atoms with Crippen LogP contribution in [-0.4, -0.2) is 23.1 Å². The Morgan fingerprint density at radius 1 is 1.22 bits per heavy atom. The zero-order valence-electron chi connectivity index (χ0n) is 10.9. The second-order valence-electron chi connectivity index (χ2n) is 5.14. The highest BCUT2D eigenvalue weighted by Gasteiger charge is 2.17. The van der Waals surface area contributed by atoms with Gasteiger partial charge in [0.1, 0.15) is 0 Å². The molecule has 1 fully saturated rings. The third kappa shape index (κ3) is 3.82. The van der Waals surface area contributed by atoms with Gasteiger partial charge in [0.15, 0.2) is 0 Å². The summed E-state index contributed by atoms with van der Waals surface area (Å²) in [4.78, 5) is 0.879. The highest BCUT2D eigenvalue weighted by molar-refractivity contribution is 7.84. The minimum absolute atomic E-state index is 0.417. The average Bonchev–Trinajstić information content (AvgIpc) is 2.38. The van der Waals surface area contributed by atoms with Gasteiger partial charge in [-0.1, -0.05) is 0 Å². The van der Waals surface area contributed by atoms with E-state index in [1.54, 1.807) is 6.26 Å². The summed E-state index contributed by atoms with van der Waals surface area (Å²) in [5.74, 6) is 0.741.